The van der Waals surface area contributed by atoms with E-state index in [-0.39, 0.29) is 11.5 Å². The van der Waals surface area contributed by atoms with Crippen molar-refractivity contribution in [2.75, 3.05) is 7.11 Å². The summed E-state index contributed by atoms with van der Waals surface area (Å²) in [7, 11) is 1.56. The molecule has 0 spiro atoms. The number of ketones is 1. The molecule has 0 saturated heterocycles. The maximum Gasteiger partial charge on any atom is 0.283 e. The molecule has 0 N–H and O–H groups in total. The van der Waals surface area contributed by atoms with Crippen LogP contribution in [0.4, 0.5) is 5.69 Å². The van der Waals surface area contributed by atoms with Gasteiger partial charge >= 0.3 is 0 Å². The van der Waals surface area contributed by atoms with E-state index in [1.807, 2.05) is 6.07 Å². The zero-order valence-corrected chi connectivity index (χ0v) is 14.2. The van der Waals surface area contributed by atoms with Crippen LogP contribution in [0.2, 0.25) is 0 Å². The smallest absolute Gasteiger partial charge is 0.283 e. The van der Waals surface area contributed by atoms with Crippen LogP contribution in [-0.4, -0.2) is 17.8 Å². The second-order valence-corrected chi connectivity index (χ2v) is 6.33. The number of rotatable bonds is 5. The first-order valence-corrected chi connectivity index (χ1v) is 7.84. The molecule has 22 heavy (non-hydrogen) atoms. The molecular weight excluding hydrogens is 370 g/mol. The van der Waals surface area contributed by atoms with Gasteiger partial charge in [-0.2, -0.15) is 0 Å². The average Bonchev–Trinajstić information content (AvgIpc) is 2.49. The van der Waals surface area contributed by atoms with Crippen LogP contribution in [0.5, 0.6) is 5.75 Å². The predicted octanol–water partition coefficient (Wildman–Crippen LogP) is 4.72. The van der Waals surface area contributed by atoms with Crippen LogP contribution in [0.1, 0.15) is 17.3 Å². The van der Waals surface area contributed by atoms with Gasteiger partial charge in [0.15, 0.2) is 5.78 Å². The summed E-state index contributed by atoms with van der Waals surface area (Å²) in [6, 6.07) is 9.88. The van der Waals surface area contributed by atoms with Crippen molar-refractivity contribution in [1.29, 1.82) is 0 Å². The van der Waals surface area contributed by atoms with Crippen LogP contribution >= 0.6 is 27.7 Å². The number of nitro benzene ring substituents is 1. The van der Waals surface area contributed by atoms with Crippen molar-refractivity contribution in [3.05, 3.63) is 56.5 Å². The fraction of sp³-hybridized carbons (Fsp3) is 0.133. The summed E-state index contributed by atoms with van der Waals surface area (Å²) in [5.74, 6) is 0.455. The molecular formula is C15H12BrNO4S. The molecule has 0 atom stereocenters. The lowest BCUT2D eigenvalue weighted by molar-refractivity contribution is -0.387. The number of nitrogens with zero attached hydrogens (tertiary/aromatic N) is 1. The highest BCUT2D eigenvalue weighted by atomic mass is 79.9. The van der Waals surface area contributed by atoms with Crippen LogP contribution in [0.15, 0.2) is 50.7 Å². The lowest BCUT2D eigenvalue weighted by Crippen LogP contribution is -1.97. The Hall–Kier alpha value is -1.86. The van der Waals surface area contributed by atoms with Gasteiger partial charge < -0.3 is 4.74 Å². The number of ether oxygens (including phenoxy) is 1. The molecule has 2 rings (SSSR count). The van der Waals surface area contributed by atoms with Crippen molar-refractivity contribution in [2.24, 2.45) is 0 Å². The van der Waals surface area contributed by atoms with Crippen molar-refractivity contribution in [3.8, 4) is 5.75 Å². The molecule has 0 fully saturated rings. The number of halogens is 1. The second kappa shape index (κ2) is 6.93. The largest absolute Gasteiger partial charge is 0.497 e. The number of carbonyl (C=O) groups excluding carboxylic acids is 1. The Balaban J connectivity index is 2.45. The first-order chi connectivity index (χ1) is 10.4. The fourth-order valence-corrected chi connectivity index (χ4v) is 3.21. The van der Waals surface area contributed by atoms with Crippen molar-refractivity contribution in [1.82, 2.24) is 0 Å². The molecule has 0 aromatic heterocycles. The van der Waals surface area contributed by atoms with E-state index in [1.54, 1.807) is 31.4 Å². The van der Waals surface area contributed by atoms with Crippen LogP contribution in [-0.2, 0) is 0 Å². The third-order valence-corrected chi connectivity index (χ3v) is 5.00. The predicted molar refractivity (Wildman–Crippen MR) is 87.9 cm³/mol. The highest BCUT2D eigenvalue weighted by Crippen LogP contribution is 2.40. The van der Waals surface area contributed by atoms with Gasteiger partial charge in [0.05, 0.1) is 16.9 Å². The van der Waals surface area contributed by atoms with Crippen LogP contribution in [0.3, 0.4) is 0 Å². The monoisotopic (exact) mass is 381 g/mol. The van der Waals surface area contributed by atoms with Crippen molar-refractivity contribution >= 4 is 39.2 Å². The summed E-state index contributed by atoms with van der Waals surface area (Å²) in [5, 5.41) is 11.2. The molecule has 0 aliphatic heterocycles. The lowest BCUT2D eigenvalue weighted by atomic mass is 10.1. The van der Waals surface area contributed by atoms with E-state index in [4.69, 9.17) is 4.74 Å². The molecule has 7 heteroatoms. The van der Waals surface area contributed by atoms with Crippen LogP contribution in [0, 0.1) is 10.1 Å². The molecule has 0 aliphatic rings. The standard InChI is InChI=1S/C15H12BrNO4S/c1-9(18)10-3-6-14(13(7-10)17(19)20)22-15-8-11(21-2)4-5-12(15)16/h3-8H,1-2H3. The maximum absolute atomic E-state index is 11.4. The fourth-order valence-electron chi connectivity index (χ4n) is 1.77. The normalized spacial score (nSPS) is 10.3. The number of Topliss-reactive ketones (excluding diaryl/α,β-unsaturated/α-hetero) is 1. The Morgan fingerprint density at radius 3 is 2.55 bits per heavy atom. The van der Waals surface area contributed by atoms with Gasteiger partial charge in [0.1, 0.15) is 5.75 Å². The number of benzene rings is 2. The number of nitro groups is 1. The Bertz CT molecular complexity index is 748. The molecule has 114 valence electrons. The van der Waals surface area contributed by atoms with Gasteiger partial charge in [-0.1, -0.05) is 11.8 Å². The quantitative estimate of drug-likeness (QED) is 0.425. The molecule has 2 aromatic rings. The SMILES string of the molecule is COc1ccc(Br)c(Sc2ccc(C(C)=O)cc2[N+](=O)[O-])c1. The topological polar surface area (TPSA) is 69.4 Å². The van der Waals surface area contributed by atoms with Gasteiger partial charge in [0, 0.05) is 21.0 Å². The number of carbonyl (C=O) groups is 1. The van der Waals surface area contributed by atoms with Gasteiger partial charge in [-0.15, -0.1) is 0 Å². The molecule has 2 aromatic carbocycles. The number of hydrogen-bond donors (Lipinski definition) is 0. The number of methoxy groups -OCH3 is 1. The molecule has 0 saturated carbocycles. The Morgan fingerprint density at radius 1 is 1.23 bits per heavy atom. The second-order valence-electron chi connectivity index (χ2n) is 4.39. The van der Waals surface area contributed by atoms with Gasteiger partial charge in [0.2, 0.25) is 0 Å². The van der Waals surface area contributed by atoms with Crippen molar-refractivity contribution in [3.63, 3.8) is 0 Å². The highest BCUT2D eigenvalue weighted by molar-refractivity contribution is 9.10. The van der Waals surface area contributed by atoms with Crippen LogP contribution < -0.4 is 4.74 Å². The van der Waals surface area contributed by atoms with Crippen LogP contribution in [0.25, 0.3) is 0 Å². The van der Waals surface area contributed by atoms with Gasteiger partial charge in [-0.05, 0) is 53.2 Å². The van der Waals surface area contributed by atoms with E-state index < -0.39 is 4.92 Å². The lowest BCUT2D eigenvalue weighted by Gasteiger charge is -2.08. The minimum Gasteiger partial charge on any atom is -0.497 e. The van der Waals surface area contributed by atoms with E-state index >= 15 is 0 Å². The van der Waals surface area contributed by atoms with Crippen molar-refractivity contribution in [2.45, 2.75) is 16.7 Å². The molecule has 0 radical (unpaired) electrons. The van der Waals surface area contributed by atoms with Crippen molar-refractivity contribution < 1.29 is 14.5 Å². The van der Waals surface area contributed by atoms with Gasteiger partial charge in [0.25, 0.3) is 5.69 Å². The van der Waals surface area contributed by atoms with E-state index in [0.29, 0.717) is 16.2 Å². The molecule has 0 heterocycles. The Kier molecular flexibility index (Phi) is 5.20. The third-order valence-electron chi connectivity index (χ3n) is 2.92. The third kappa shape index (κ3) is 3.66. The first kappa shape index (κ1) is 16.5. The van der Waals surface area contributed by atoms with E-state index in [1.165, 1.54) is 24.8 Å². The zero-order valence-electron chi connectivity index (χ0n) is 11.8. The zero-order chi connectivity index (χ0) is 16.3. The maximum atomic E-state index is 11.4. The Labute approximate surface area is 140 Å². The summed E-state index contributed by atoms with van der Waals surface area (Å²) >= 11 is 4.66. The summed E-state index contributed by atoms with van der Waals surface area (Å²) in [4.78, 5) is 23.4. The van der Waals surface area contributed by atoms with E-state index in [9.17, 15) is 14.9 Å². The number of hydrogen-bond acceptors (Lipinski definition) is 5. The van der Waals surface area contributed by atoms with E-state index in [2.05, 4.69) is 15.9 Å². The minimum atomic E-state index is -0.483. The van der Waals surface area contributed by atoms with Gasteiger partial charge in [-0.25, -0.2) is 0 Å². The minimum absolute atomic E-state index is 0.0904. The molecule has 0 unspecified atom stereocenters. The average molecular weight is 382 g/mol. The summed E-state index contributed by atoms with van der Waals surface area (Å²) in [6.07, 6.45) is 0. The Morgan fingerprint density at radius 2 is 1.95 bits per heavy atom. The first-order valence-electron chi connectivity index (χ1n) is 6.23. The summed E-state index contributed by atoms with van der Waals surface area (Å²) in [6.45, 7) is 1.38. The summed E-state index contributed by atoms with van der Waals surface area (Å²) < 4.78 is 5.97. The molecule has 0 bridgehead atoms. The van der Waals surface area contributed by atoms with Gasteiger partial charge in [-0.3, -0.25) is 14.9 Å². The molecule has 0 aliphatic carbocycles. The molecule has 5 nitrogen and oxygen atoms in total. The molecule has 0 amide bonds. The summed E-state index contributed by atoms with van der Waals surface area (Å²) in [5.41, 5.74) is 0.230. The highest BCUT2D eigenvalue weighted by Gasteiger charge is 2.18. The van der Waals surface area contributed by atoms with E-state index in [0.717, 1.165) is 9.37 Å².